The van der Waals surface area contributed by atoms with E-state index in [9.17, 15) is 4.39 Å². The Balaban J connectivity index is 1.43. The number of hydrogen-bond acceptors (Lipinski definition) is 7. The molecule has 136 valence electrons. The van der Waals surface area contributed by atoms with Gasteiger partial charge in [0.15, 0.2) is 0 Å². The Hall–Kier alpha value is -3.62. The molecule has 0 spiro atoms. The summed E-state index contributed by atoms with van der Waals surface area (Å²) in [5.41, 5.74) is 3.24. The second kappa shape index (κ2) is 7.32. The molecular weight excluding hydrogens is 349 g/mol. The normalized spacial score (nSPS) is 10.9. The van der Waals surface area contributed by atoms with Gasteiger partial charge in [-0.05, 0) is 11.1 Å². The van der Waals surface area contributed by atoms with Crippen molar-refractivity contribution in [2.45, 2.75) is 13.0 Å². The maximum Gasteiger partial charge on any atom is 0.222 e. The lowest BCUT2D eigenvalue weighted by Crippen LogP contribution is -2.06. The summed E-state index contributed by atoms with van der Waals surface area (Å²) < 4.78 is 18.8. The SMILES string of the molecule is COc1cc(CNc2ncc(Cc3c[nH]c4ncncc34)cn2)c(F)cn1. The Morgan fingerprint density at radius 3 is 2.74 bits per heavy atom. The van der Waals surface area contributed by atoms with Crippen LogP contribution in [0.4, 0.5) is 10.3 Å². The predicted molar refractivity (Wildman–Crippen MR) is 96.8 cm³/mol. The summed E-state index contributed by atoms with van der Waals surface area (Å²) in [6, 6.07) is 1.54. The van der Waals surface area contributed by atoms with Crippen LogP contribution < -0.4 is 10.1 Å². The highest BCUT2D eigenvalue weighted by Crippen LogP contribution is 2.18. The van der Waals surface area contributed by atoms with Gasteiger partial charge in [0.05, 0.1) is 13.3 Å². The van der Waals surface area contributed by atoms with Crippen LogP contribution in [0.5, 0.6) is 5.88 Å². The van der Waals surface area contributed by atoms with Gasteiger partial charge in [0, 0.05) is 54.8 Å². The molecule has 9 heteroatoms. The van der Waals surface area contributed by atoms with Crippen LogP contribution in [0.15, 0.2) is 43.4 Å². The number of pyridine rings is 1. The van der Waals surface area contributed by atoms with Crippen molar-refractivity contribution in [3.8, 4) is 5.88 Å². The maximum atomic E-state index is 13.8. The number of hydrogen-bond donors (Lipinski definition) is 2. The van der Waals surface area contributed by atoms with Crippen molar-refractivity contribution in [1.29, 1.82) is 0 Å². The molecule has 0 saturated carbocycles. The van der Waals surface area contributed by atoms with Crippen molar-refractivity contribution in [1.82, 2.24) is 29.9 Å². The van der Waals surface area contributed by atoms with Gasteiger partial charge in [-0.15, -0.1) is 0 Å². The van der Waals surface area contributed by atoms with E-state index < -0.39 is 5.82 Å². The summed E-state index contributed by atoms with van der Waals surface area (Å²) in [6.07, 6.45) is 10.5. The molecule has 4 heterocycles. The molecule has 0 radical (unpaired) electrons. The third kappa shape index (κ3) is 3.66. The van der Waals surface area contributed by atoms with Crippen LogP contribution in [-0.4, -0.2) is 37.0 Å². The standard InChI is InChI=1S/C18H16FN7O/c1-27-16-3-13(15(19)9-21-16)7-25-18-23-4-11(5-24-18)2-12-6-22-17-14(12)8-20-10-26-17/h3-6,8-10H,2,7H2,1H3,(H,20,22,26)(H,23,24,25). The van der Waals surface area contributed by atoms with Crippen LogP contribution >= 0.6 is 0 Å². The summed E-state index contributed by atoms with van der Waals surface area (Å²) in [6.45, 7) is 0.226. The van der Waals surface area contributed by atoms with Crippen molar-refractivity contribution in [3.05, 3.63) is 65.9 Å². The van der Waals surface area contributed by atoms with Crippen LogP contribution in [0.2, 0.25) is 0 Å². The minimum absolute atomic E-state index is 0.226. The Morgan fingerprint density at radius 1 is 1.07 bits per heavy atom. The van der Waals surface area contributed by atoms with E-state index in [-0.39, 0.29) is 6.54 Å². The maximum absolute atomic E-state index is 13.8. The molecule has 2 N–H and O–H groups in total. The highest BCUT2D eigenvalue weighted by Gasteiger charge is 2.08. The van der Waals surface area contributed by atoms with Gasteiger partial charge in [-0.2, -0.15) is 0 Å². The van der Waals surface area contributed by atoms with E-state index in [1.54, 1.807) is 18.6 Å². The van der Waals surface area contributed by atoms with Gasteiger partial charge < -0.3 is 15.0 Å². The zero-order valence-electron chi connectivity index (χ0n) is 14.5. The van der Waals surface area contributed by atoms with Crippen LogP contribution in [0.25, 0.3) is 11.0 Å². The molecule has 0 aliphatic rings. The van der Waals surface area contributed by atoms with E-state index >= 15 is 0 Å². The van der Waals surface area contributed by atoms with Crippen molar-refractivity contribution in [2.75, 3.05) is 12.4 Å². The smallest absolute Gasteiger partial charge is 0.222 e. The lowest BCUT2D eigenvalue weighted by atomic mass is 10.1. The molecule has 4 rings (SSSR count). The number of aromatic nitrogens is 6. The minimum atomic E-state index is -0.415. The summed E-state index contributed by atoms with van der Waals surface area (Å²) >= 11 is 0. The molecule has 4 aromatic heterocycles. The van der Waals surface area contributed by atoms with E-state index in [4.69, 9.17) is 4.74 Å². The van der Waals surface area contributed by atoms with Crippen molar-refractivity contribution in [2.24, 2.45) is 0 Å². The van der Waals surface area contributed by atoms with Crippen molar-refractivity contribution >= 4 is 17.0 Å². The first-order valence-electron chi connectivity index (χ1n) is 8.22. The van der Waals surface area contributed by atoms with Gasteiger partial charge >= 0.3 is 0 Å². The average molecular weight is 365 g/mol. The monoisotopic (exact) mass is 365 g/mol. The lowest BCUT2D eigenvalue weighted by molar-refractivity contribution is 0.395. The van der Waals surface area contributed by atoms with Gasteiger partial charge in [0.1, 0.15) is 17.8 Å². The van der Waals surface area contributed by atoms with Gasteiger partial charge in [-0.25, -0.2) is 29.3 Å². The molecule has 0 aliphatic heterocycles. The lowest BCUT2D eigenvalue weighted by Gasteiger charge is -2.08. The molecule has 0 fully saturated rings. The molecule has 8 nitrogen and oxygen atoms in total. The number of halogens is 1. The third-order valence-electron chi connectivity index (χ3n) is 4.10. The number of ether oxygens (including phenoxy) is 1. The Labute approximate surface area is 153 Å². The first kappa shape index (κ1) is 16.8. The molecule has 0 aromatic carbocycles. The molecule has 0 atom stereocenters. The van der Waals surface area contributed by atoms with E-state index in [1.165, 1.54) is 19.5 Å². The molecule has 4 aromatic rings. The highest BCUT2D eigenvalue weighted by molar-refractivity contribution is 5.78. The molecule has 0 bridgehead atoms. The van der Waals surface area contributed by atoms with Crippen LogP contribution in [0.3, 0.4) is 0 Å². The van der Waals surface area contributed by atoms with Crippen LogP contribution in [-0.2, 0) is 13.0 Å². The number of nitrogens with zero attached hydrogens (tertiary/aromatic N) is 5. The number of aromatic amines is 1. The fourth-order valence-electron chi connectivity index (χ4n) is 2.70. The summed E-state index contributed by atoms with van der Waals surface area (Å²) in [5.74, 6) is 0.352. The zero-order chi connectivity index (χ0) is 18.6. The first-order chi connectivity index (χ1) is 13.2. The topological polar surface area (TPSA) is 102 Å². The molecule has 0 aliphatic carbocycles. The van der Waals surface area contributed by atoms with E-state index in [0.717, 1.165) is 28.4 Å². The first-order valence-corrected chi connectivity index (χ1v) is 8.22. The van der Waals surface area contributed by atoms with E-state index in [1.807, 2.05) is 6.20 Å². The second-order valence-electron chi connectivity index (χ2n) is 5.86. The zero-order valence-corrected chi connectivity index (χ0v) is 14.5. The van der Waals surface area contributed by atoms with E-state index in [0.29, 0.717) is 23.8 Å². The number of nitrogens with one attached hydrogen (secondary N) is 2. The Morgan fingerprint density at radius 2 is 1.93 bits per heavy atom. The van der Waals surface area contributed by atoms with Gasteiger partial charge in [0.25, 0.3) is 0 Å². The molecule has 0 unspecified atom stereocenters. The third-order valence-corrected chi connectivity index (χ3v) is 4.10. The van der Waals surface area contributed by atoms with Crippen LogP contribution in [0.1, 0.15) is 16.7 Å². The van der Waals surface area contributed by atoms with Gasteiger partial charge in [0.2, 0.25) is 11.8 Å². The molecule has 0 saturated heterocycles. The molecule has 0 amide bonds. The largest absolute Gasteiger partial charge is 0.481 e. The Bertz CT molecular complexity index is 1060. The predicted octanol–water partition coefficient (Wildman–Crippen LogP) is 2.49. The number of methoxy groups -OCH3 is 1. The number of rotatable bonds is 6. The second-order valence-corrected chi connectivity index (χ2v) is 5.86. The number of anilines is 1. The van der Waals surface area contributed by atoms with Crippen LogP contribution in [0, 0.1) is 5.82 Å². The average Bonchev–Trinajstić information content (AvgIpc) is 3.11. The molecular formula is C18H16FN7O. The quantitative estimate of drug-likeness (QED) is 0.541. The molecule has 27 heavy (non-hydrogen) atoms. The number of fused-ring (bicyclic) bond motifs is 1. The fourth-order valence-corrected chi connectivity index (χ4v) is 2.70. The van der Waals surface area contributed by atoms with Gasteiger partial charge in [-0.3, -0.25) is 0 Å². The summed E-state index contributed by atoms with van der Waals surface area (Å²) in [4.78, 5) is 23.8. The summed E-state index contributed by atoms with van der Waals surface area (Å²) in [5, 5.41) is 3.97. The van der Waals surface area contributed by atoms with Gasteiger partial charge in [-0.1, -0.05) is 0 Å². The highest BCUT2D eigenvalue weighted by atomic mass is 19.1. The Kier molecular flexibility index (Phi) is 4.56. The summed E-state index contributed by atoms with van der Waals surface area (Å²) in [7, 11) is 1.49. The van der Waals surface area contributed by atoms with Crippen molar-refractivity contribution in [3.63, 3.8) is 0 Å². The minimum Gasteiger partial charge on any atom is -0.481 e. The number of H-pyrrole nitrogens is 1. The van der Waals surface area contributed by atoms with E-state index in [2.05, 4.69) is 35.2 Å². The van der Waals surface area contributed by atoms with Crippen molar-refractivity contribution < 1.29 is 9.13 Å². The fraction of sp³-hybridized carbons (Fsp3) is 0.167.